The number of pyridine rings is 1. The Bertz CT molecular complexity index is 2480. The Morgan fingerprint density at radius 1 is 0.797 bits per heavy atom. The van der Waals surface area contributed by atoms with E-state index in [9.17, 15) is 23.6 Å². The van der Waals surface area contributed by atoms with Gasteiger partial charge in [0.1, 0.15) is 17.4 Å². The molecule has 3 saturated heterocycles. The Hall–Kier alpha value is -7.05. The molecular formula is C46H49F2N11O5. The van der Waals surface area contributed by atoms with Crippen LogP contribution in [0.2, 0.25) is 0 Å². The van der Waals surface area contributed by atoms with E-state index in [0.717, 1.165) is 71.3 Å². The zero-order chi connectivity index (χ0) is 44.6. The molecule has 1 unspecified atom stereocenters. The summed E-state index contributed by atoms with van der Waals surface area (Å²) in [5, 5.41) is 13.1. The van der Waals surface area contributed by atoms with Crippen LogP contribution in [-0.4, -0.2) is 101 Å². The first-order valence-electron chi connectivity index (χ1n) is 21.3. The van der Waals surface area contributed by atoms with Gasteiger partial charge in [0.05, 0.1) is 24.8 Å². The lowest BCUT2D eigenvalue weighted by atomic mass is 9.91. The molecule has 3 aliphatic heterocycles. The molecule has 3 fully saturated rings. The lowest BCUT2D eigenvalue weighted by molar-refractivity contribution is -0.134. The van der Waals surface area contributed by atoms with Crippen molar-refractivity contribution in [2.75, 3.05) is 73.8 Å². The van der Waals surface area contributed by atoms with Gasteiger partial charge in [0.2, 0.25) is 17.8 Å². The highest BCUT2D eigenvalue weighted by Crippen LogP contribution is 2.29. The van der Waals surface area contributed by atoms with E-state index in [1.54, 1.807) is 72.8 Å². The fourth-order valence-electron chi connectivity index (χ4n) is 8.11. The quantitative estimate of drug-likeness (QED) is 0.0821. The minimum atomic E-state index is -0.705. The second-order valence-corrected chi connectivity index (χ2v) is 16.0. The zero-order valence-corrected chi connectivity index (χ0v) is 35.3. The van der Waals surface area contributed by atoms with Gasteiger partial charge in [0, 0.05) is 86.1 Å². The summed E-state index contributed by atoms with van der Waals surface area (Å²) in [4.78, 5) is 66.9. The molecule has 8 rings (SSSR count). The molecule has 16 nitrogen and oxygen atoms in total. The molecule has 0 spiro atoms. The molecule has 1 atom stereocenters. The Morgan fingerprint density at radius 3 is 2.22 bits per heavy atom. The van der Waals surface area contributed by atoms with Crippen molar-refractivity contribution in [2.45, 2.75) is 38.0 Å². The molecule has 0 aliphatic carbocycles. The lowest BCUT2D eigenvalue weighted by Gasteiger charge is -2.37. The van der Waals surface area contributed by atoms with Crippen LogP contribution in [0, 0.1) is 17.6 Å². The number of piperidine rings is 2. The van der Waals surface area contributed by atoms with Gasteiger partial charge in [-0.3, -0.25) is 34.8 Å². The average molecular weight is 874 g/mol. The van der Waals surface area contributed by atoms with Crippen LogP contribution in [0.5, 0.6) is 5.75 Å². The van der Waals surface area contributed by atoms with Crippen LogP contribution in [0.1, 0.15) is 64.3 Å². The molecule has 5 aromatic rings. The molecule has 3 aliphatic rings. The van der Waals surface area contributed by atoms with Crippen molar-refractivity contribution < 1.29 is 32.7 Å². The maximum absolute atomic E-state index is 15.1. The Labute approximate surface area is 368 Å². The number of aromatic nitrogens is 3. The van der Waals surface area contributed by atoms with E-state index in [0.29, 0.717) is 45.7 Å². The third-order valence-corrected chi connectivity index (χ3v) is 11.8. The van der Waals surface area contributed by atoms with Crippen LogP contribution in [0.4, 0.5) is 43.4 Å². The van der Waals surface area contributed by atoms with Crippen LogP contribution in [-0.2, 0) is 9.59 Å². The number of amides is 4. The fraction of sp³-hybridized carbons (Fsp3) is 0.326. The van der Waals surface area contributed by atoms with Crippen molar-refractivity contribution in [1.82, 2.24) is 35.6 Å². The number of hydrogen-bond acceptors (Lipinski definition) is 13. The number of ether oxygens (including phenoxy) is 1. The zero-order valence-electron chi connectivity index (χ0n) is 35.3. The number of rotatable bonds is 14. The molecule has 64 heavy (non-hydrogen) atoms. The number of nitrogens with zero attached hydrogens (tertiary/aromatic N) is 6. The van der Waals surface area contributed by atoms with Gasteiger partial charge >= 0.3 is 0 Å². The maximum atomic E-state index is 15.1. The van der Waals surface area contributed by atoms with Crippen molar-refractivity contribution in [3.05, 3.63) is 120 Å². The van der Waals surface area contributed by atoms with Gasteiger partial charge in [-0.25, -0.2) is 23.8 Å². The predicted molar refractivity (Wildman–Crippen MR) is 237 cm³/mol. The fourth-order valence-corrected chi connectivity index (χ4v) is 8.11. The molecule has 18 heteroatoms. The highest BCUT2D eigenvalue weighted by molar-refractivity contribution is 6.06. The number of halogens is 2. The summed E-state index contributed by atoms with van der Waals surface area (Å²) in [5.74, 6) is -1.53. The Morgan fingerprint density at radius 2 is 1.50 bits per heavy atom. The number of carbonyl (C=O) groups is 4. The number of anilines is 6. The van der Waals surface area contributed by atoms with E-state index in [1.807, 2.05) is 5.01 Å². The monoisotopic (exact) mass is 873 g/mol. The van der Waals surface area contributed by atoms with Crippen molar-refractivity contribution >= 4 is 58.3 Å². The topological polar surface area (TPSA) is 186 Å². The number of piperazine rings is 1. The van der Waals surface area contributed by atoms with Crippen molar-refractivity contribution in [2.24, 2.45) is 5.92 Å². The van der Waals surface area contributed by atoms with E-state index >= 15 is 4.39 Å². The molecule has 332 valence electrons. The van der Waals surface area contributed by atoms with Gasteiger partial charge in [-0.2, -0.15) is 4.98 Å². The number of nitrogens with one attached hydrogen (secondary N) is 5. The summed E-state index contributed by atoms with van der Waals surface area (Å²) >= 11 is 0. The first-order chi connectivity index (χ1) is 31.1. The normalized spacial score (nSPS) is 17.4. The van der Waals surface area contributed by atoms with E-state index < -0.39 is 23.5 Å². The highest BCUT2D eigenvalue weighted by atomic mass is 19.1. The molecule has 0 radical (unpaired) electrons. The summed E-state index contributed by atoms with van der Waals surface area (Å²) in [6.07, 6.45) is 5.94. The number of carbonyl (C=O) groups excluding carboxylic acids is 4. The molecule has 5 N–H and O–H groups in total. The molecular weight excluding hydrogens is 825 g/mol. The van der Waals surface area contributed by atoms with Crippen LogP contribution in [0.3, 0.4) is 0 Å². The molecule has 0 bridgehead atoms. The average Bonchev–Trinajstić information content (AvgIpc) is 3.31. The van der Waals surface area contributed by atoms with Crippen molar-refractivity contribution in [3.8, 4) is 5.75 Å². The molecule has 4 amide bonds. The summed E-state index contributed by atoms with van der Waals surface area (Å²) in [5.41, 5.74) is 5.83. The van der Waals surface area contributed by atoms with Crippen LogP contribution in [0.25, 0.3) is 0 Å². The summed E-state index contributed by atoms with van der Waals surface area (Å²) in [7, 11) is 1.50. The van der Waals surface area contributed by atoms with Crippen LogP contribution in [0.15, 0.2) is 91.3 Å². The van der Waals surface area contributed by atoms with Gasteiger partial charge in [0.25, 0.3) is 11.8 Å². The number of hydrazine groups is 1. The minimum absolute atomic E-state index is 0.0490. The number of hydrogen-bond donors (Lipinski definition) is 5. The molecule has 3 aromatic carbocycles. The number of methoxy groups -OCH3 is 1. The number of benzene rings is 3. The maximum Gasteiger partial charge on any atom is 0.265 e. The summed E-state index contributed by atoms with van der Waals surface area (Å²) in [6, 6.07) is 21.9. The third kappa shape index (κ3) is 10.8. The highest BCUT2D eigenvalue weighted by Gasteiger charge is 2.31. The second-order valence-electron chi connectivity index (χ2n) is 16.0. The summed E-state index contributed by atoms with van der Waals surface area (Å²) in [6.45, 7) is 5.57. The van der Waals surface area contributed by atoms with Gasteiger partial charge < -0.3 is 25.6 Å². The smallest absolute Gasteiger partial charge is 0.265 e. The van der Waals surface area contributed by atoms with E-state index in [2.05, 4.69) is 51.4 Å². The first kappa shape index (κ1) is 43.6. The predicted octanol–water partition coefficient (Wildman–Crippen LogP) is 5.99. The lowest BCUT2D eigenvalue weighted by Crippen LogP contribution is -2.48. The van der Waals surface area contributed by atoms with Crippen LogP contribution >= 0.6 is 0 Å². The first-order valence-corrected chi connectivity index (χ1v) is 21.3. The molecule has 0 saturated carbocycles. The van der Waals surface area contributed by atoms with Crippen molar-refractivity contribution in [1.29, 1.82) is 0 Å². The minimum Gasteiger partial charge on any atom is -0.496 e. The third-order valence-electron chi connectivity index (χ3n) is 11.8. The van der Waals surface area contributed by atoms with Gasteiger partial charge in [0.15, 0.2) is 11.6 Å². The van der Waals surface area contributed by atoms with E-state index in [1.165, 1.54) is 19.4 Å². The standard InChI is InChI=1S/C46H49F2N11O5/c1-64-39-5-3-2-4-35(39)45(63)52-32-12-10-31(11-13-32)51-42-38(48)28-50-46(55-42)53-33-8-6-30(7-9-33)43(61)56-59-20-17-29(18-21-59)16-19-57-22-24-58(25-23-57)40-26-37(47)36(27-49-40)34-14-15-41(60)54-44(34)62/h2-13,26-29,34H,14-25H2,1H3,(H,52,63)(H,56,61)(H,54,60,62)(H2,50,51,53,55). The Balaban J connectivity index is 0.742. The summed E-state index contributed by atoms with van der Waals surface area (Å²) < 4.78 is 35.1. The van der Waals surface area contributed by atoms with Gasteiger partial charge in [-0.1, -0.05) is 12.1 Å². The van der Waals surface area contributed by atoms with Gasteiger partial charge in [-0.15, -0.1) is 0 Å². The van der Waals surface area contributed by atoms with E-state index in [4.69, 9.17) is 4.74 Å². The van der Waals surface area contributed by atoms with Gasteiger partial charge in [-0.05, 0) is 98.8 Å². The SMILES string of the molecule is COc1ccccc1C(=O)Nc1ccc(Nc2nc(Nc3ccc(C(=O)NN4CCC(CCN5CCN(c6cc(F)c(C7CCC(=O)NC7=O)cn6)CC5)CC4)cc3)ncc2F)cc1. The number of imide groups is 1. The Kier molecular flexibility index (Phi) is 13.6. The second kappa shape index (κ2) is 20.0. The molecule has 5 heterocycles. The molecule has 2 aromatic heterocycles. The number of para-hydroxylation sites is 1. The van der Waals surface area contributed by atoms with E-state index in [-0.39, 0.29) is 47.9 Å². The van der Waals surface area contributed by atoms with Crippen LogP contribution < -0.4 is 36.3 Å². The largest absolute Gasteiger partial charge is 0.496 e. The van der Waals surface area contributed by atoms with Crippen molar-refractivity contribution in [3.63, 3.8) is 0 Å².